The third-order valence-corrected chi connectivity index (χ3v) is 7.67. The Morgan fingerprint density at radius 2 is 1.92 bits per heavy atom. The molecule has 2 atom stereocenters. The molecule has 37 heavy (non-hydrogen) atoms. The average molecular weight is 545 g/mol. The van der Waals surface area contributed by atoms with E-state index in [2.05, 4.69) is 20.6 Å². The number of carbonyl (C=O) groups is 3. The zero-order chi connectivity index (χ0) is 26.6. The molecule has 3 N–H and O–H groups in total. The molecule has 0 radical (unpaired) electrons. The second-order valence-corrected chi connectivity index (χ2v) is 11.0. The number of alkyl halides is 2. The van der Waals surface area contributed by atoms with Gasteiger partial charge in [-0.05, 0) is 49.4 Å². The van der Waals surface area contributed by atoms with Crippen LogP contribution in [0.25, 0.3) is 0 Å². The molecule has 1 aliphatic carbocycles. The molecule has 196 valence electrons. The number of Topliss-reactive ketones (excluding diaryl/α,β-unsaturated/α-hetero) is 1. The number of halogens is 2. The van der Waals surface area contributed by atoms with Gasteiger partial charge in [0.1, 0.15) is 21.9 Å². The van der Waals surface area contributed by atoms with Crippen LogP contribution in [0.15, 0.2) is 36.7 Å². The first-order valence-corrected chi connectivity index (χ1v) is 13.1. The summed E-state index contributed by atoms with van der Waals surface area (Å²) < 4.78 is -0.765. The minimum Gasteiger partial charge on any atom is -0.376 e. The Kier molecular flexibility index (Phi) is 8.44. The van der Waals surface area contributed by atoms with Gasteiger partial charge >= 0.3 is 0 Å². The third kappa shape index (κ3) is 6.84. The Hall–Kier alpha value is -3.04. The fraction of sp³-hybridized carbons (Fsp3) is 0.462. The van der Waals surface area contributed by atoms with E-state index in [-0.39, 0.29) is 35.8 Å². The number of nitrogens with zero attached hydrogens (tertiary/aromatic N) is 3. The van der Waals surface area contributed by atoms with Crippen LogP contribution >= 0.6 is 23.2 Å². The van der Waals surface area contributed by atoms with Crippen LogP contribution in [0.1, 0.15) is 43.1 Å². The highest BCUT2D eigenvalue weighted by Crippen LogP contribution is 2.52. The molecular weight excluding hydrogens is 515 g/mol. The molecule has 2 amide bonds. The third-order valence-electron chi connectivity index (χ3n) is 6.75. The van der Waals surface area contributed by atoms with E-state index in [1.807, 2.05) is 6.07 Å². The number of likely N-dealkylation sites (tertiary alicyclic amines) is 1. The number of rotatable bonds is 11. The van der Waals surface area contributed by atoms with E-state index in [1.54, 1.807) is 35.5 Å². The van der Waals surface area contributed by atoms with E-state index in [1.165, 1.54) is 6.92 Å². The topological polar surface area (TPSA) is 128 Å². The van der Waals surface area contributed by atoms with Crippen LogP contribution in [0, 0.1) is 11.3 Å². The Morgan fingerprint density at radius 3 is 2.59 bits per heavy atom. The van der Waals surface area contributed by atoms with Crippen LogP contribution in [-0.2, 0) is 27.2 Å². The van der Waals surface area contributed by atoms with E-state index in [0.29, 0.717) is 55.8 Å². The number of nitrogens with one attached hydrogen (secondary N) is 3. The van der Waals surface area contributed by atoms with Gasteiger partial charge in [0.2, 0.25) is 11.8 Å². The average Bonchev–Trinajstić information content (AvgIpc) is 3.26. The number of aromatic nitrogens is 2. The molecule has 2 fully saturated rings. The second-order valence-electron chi connectivity index (χ2n) is 9.48. The van der Waals surface area contributed by atoms with Gasteiger partial charge in [-0.1, -0.05) is 6.07 Å². The summed E-state index contributed by atoms with van der Waals surface area (Å²) >= 11 is 12.1. The molecule has 2 heterocycles. The summed E-state index contributed by atoms with van der Waals surface area (Å²) in [5, 5.41) is 14.2. The van der Waals surface area contributed by atoms with Crippen molar-refractivity contribution in [1.29, 1.82) is 5.41 Å². The lowest BCUT2D eigenvalue weighted by atomic mass is 9.99. The first-order chi connectivity index (χ1) is 17.7. The summed E-state index contributed by atoms with van der Waals surface area (Å²) in [5.41, 5.74) is 1.73. The van der Waals surface area contributed by atoms with Crippen LogP contribution < -0.4 is 10.6 Å². The van der Waals surface area contributed by atoms with E-state index in [4.69, 9.17) is 28.6 Å². The SMILES string of the molecule is CC(=O)C(=N)c1cc(CCc2ncccn2)ccc1NCC(=O)N1CCC[C@H]1C(=O)NC[C@H]1CC1(Cl)Cl. The van der Waals surface area contributed by atoms with Crippen LogP contribution in [-0.4, -0.2) is 68.2 Å². The molecular formula is C26H30Cl2N6O3. The highest BCUT2D eigenvalue weighted by Gasteiger charge is 2.51. The predicted octanol–water partition coefficient (Wildman–Crippen LogP) is 2.93. The highest BCUT2D eigenvalue weighted by atomic mass is 35.5. The molecule has 2 aromatic rings. The van der Waals surface area contributed by atoms with Crippen LogP contribution in [0.5, 0.6) is 0 Å². The van der Waals surface area contributed by atoms with Crippen molar-refractivity contribution in [2.45, 2.75) is 49.4 Å². The fourth-order valence-electron chi connectivity index (χ4n) is 4.46. The maximum absolute atomic E-state index is 13.0. The number of ketones is 1. The van der Waals surface area contributed by atoms with Gasteiger partial charge in [-0.2, -0.15) is 0 Å². The van der Waals surface area contributed by atoms with Crippen molar-refractivity contribution >= 4 is 52.2 Å². The summed E-state index contributed by atoms with van der Waals surface area (Å²) in [5.74, 6) is -0.0520. The zero-order valence-electron chi connectivity index (χ0n) is 20.6. The van der Waals surface area contributed by atoms with Crippen LogP contribution in [0.4, 0.5) is 5.69 Å². The Bertz CT molecular complexity index is 1190. The Labute approximate surface area is 225 Å². The molecule has 1 aromatic carbocycles. The van der Waals surface area contributed by atoms with Gasteiger partial charge in [0.25, 0.3) is 0 Å². The molecule has 1 saturated heterocycles. The molecule has 0 spiro atoms. The summed E-state index contributed by atoms with van der Waals surface area (Å²) in [6.45, 7) is 2.17. The molecule has 4 rings (SSSR count). The van der Waals surface area contributed by atoms with Crippen molar-refractivity contribution < 1.29 is 14.4 Å². The van der Waals surface area contributed by atoms with Gasteiger partial charge in [-0.25, -0.2) is 9.97 Å². The fourth-order valence-corrected chi connectivity index (χ4v) is 4.98. The van der Waals surface area contributed by atoms with E-state index < -0.39 is 10.4 Å². The minimum absolute atomic E-state index is 0.0326. The maximum atomic E-state index is 13.0. The van der Waals surface area contributed by atoms with Crippen molar-refractivity contribution in [3.05, 3.63) is 53.6 Å². The number of carbonyl (C=O) groups excluding carboxylic acids is 3. The molecule has 1 saturated carbocycles. The van der Waals surface area contributed by atoms with Crippen LogP contribution in [0.2, 0.25) is 0 Å². The smallest absolute Gasteiger partial charge is 0.242 e. The van der Waals surface area contributed by atoms with E-state index in [9.17, 15) is 14.4 Å². The standard InChI is InChI=1S/C26H30Cl2N6O3/c1-16(35)24(29)19-12-17(6-8-22-30-9-3-10-31-22)5-7-20(19)32-15-23(36)34-11-2-4-21(34)25(37)33-14-18-13-26(18,27)28/h3,5,7,9-10,12,18,21,29,32H,2,4,6,8,11,13-15H2,1H3,(H,33,37)/t18-,21+/m1/s1. The summed E-state index contributed by atoms with van der Waals surface area (Å²) in [6.07, 6.45) is 6.61. The van der Waals surface area contributed by atoms with Gasteiger partial charge in [0.15, 0.2) is 5.78 Å². The first kappa shape index (κ1) is 27.0. The van der Waals surface area contributed by atoms with Crippen molar-refractivity contribution in [2.24, 2.45) is 5.92 Å². The van der Waals surface area contributed by atoms with Gasteiger partial charge in [-0.3, -0.25) is 19.8 Å². The Balaban J connectivity index is 1.38. The van der Waals surface area contributed by atoms with Crippen LogP contribution in [0.3, 0.4) is 0 Å². The van der Waals surface area contributed by atoms with Crippen molar-refractivity contribution in [3.8, 4) is 0 Å². The largest absolute Gasteiger partial charge is 0.376 e. The van der Waals surface area contributed by atoms with Crippen molar-refractivity contribution in [2.75, 3.05) is 25.0 Å². The molecule has 9 nitrogen and oxygen atoms in total. The lowest BCUT2D eigenvalue weighted by Crippen LogP contribution is -2.48. The lowest BCUT2D eigenvalue weighted by Gasteiger charge is -2.25. The number of benzene rings is 1. The second kappa shape index (κ2) is 11.6. The van der Waals surface area contributed by atoms with Crippen molar-refractivity contribution in [1.82, 2.24) is 20.2 Å². The van der Waals surface area contributed by atoms with E-state index in [0.717, 1.165) is 12.0 Å². The van der Waals surface area contributed by atoms with Gasteiger partial charge in [-0.15, -0.1) is 23.2 Å². The summed E-state index contributed by atoms with van der Waals surface area (Å²) in [4.78, 5) is 47.8. The maximum Gasteiger partial charge on any atom is 0.242 e. The molecule has 1 aromatic heterocycles. The summed E-state index contributed by atoms with van der Waals surface area (Å²) in [6, 6.07) is 6.68. The molecule has 0 unspecified atom stereocenters. The minimum atomic E-state index is -0.765. The van der Waals surface area contributed by atoms with Crippen molar-refractivity contribution in [3.63, 3.8) is 0 Å². The number of anilines is 1. The van der Waals surface area contributed by atoms with Gasteiger partial charge in [0, 0.05) is 56.0 Å². The monoisotopic (exact) mass is 544 g/mol. The lowest BCUT2D eigenvalue weighted by molar-refractivity contribution is -0.137. The molecule has 1 aliphatic heterocycles. The normalized spacial score (nSPS) is 19.8. The Morgan fingerprint density at radius 1 is 1.19 bits per heavy atom. The zero-order valence-corrected chi connectivity index (χ0v) is 22.1. The number of amides is 2. The highest BCUT2D eigenvalue weighted by molar-refractivity contribution is 6.50. The quantitative estimate of drug-likeness (QED) is 0.294. The number of aryl methyl sites for hydroxylation is 2. The number of hydrogen-bond donors (Lipinski definition) is 3. The molecule has 11 heteroatoms. The first-order valence-electron chi connectivity index (χ1n) is 12.3. The van der Waals surface area contributed by atoms with Gasteiger partial charge in [0.05, 0.1) is 6.54 Å². The predicted molar refractivity (Wildman–Crippen MR) is 142 cm³/mol. The molecule has 0 bridgehead atoms. The van der Waals surface area contributed by atoms with Gasteiger partial charge < -0.3 is 15.5 Å². The molecule has 2 aliphatic rings. The number of hydrogen-bond acceptors (Lipinski definition) is 7. The summed E-state index contributed by atoms with van der Waals surface area (Å²) in [7, 11) is 0. The van der Waals surface area contributed by atoms with E-state index >= 15 is 0 Å².